The second-order valence-electron chi connectivity index (χ2n) is 5.11. The number of rotatable bonds is 4. The van der Waals surface area contributed by atoms with E-state index in [1.54, 1.807) is 0 Å². The van der Waals surface area contributed by atoms with E-state index in [4.69, 9.17) is 0 Å². The average Bonchev–Trinajstić information content (AvgIpc) is 2.47. The molecule has 1 atom stereocenters. The Morgan fingerprint density at radius 2 is 2.10 bits per heavy atom. The SMILES string of the molecule is CNC(C)C1CCN(S(=O)(=O)c2ncccc2F)CC1. The second kappa shape index (κ2) is 6.15. The van der Waals surface area contributed by atoms with Crippen molar-refractivity contribution in [2.45, 2.75) is 30.8 Å². The van der Waals surface area contributed by atoms with Crippen molar-refractivity contribution in [1.82, 2.24) is 14.6 Å². The van der Waals surface area contributed by atoms with Crippen LogP contribution in [0.5, 0.6) is 0 Å². The van der Waals surface area contributed by atoms with Crippen molar-refractivity contribution >= 4 is 10.0 Å². The van der Waals surface area contributed by atoms with Crippen LogP contribution in [-0.2, 0) is 10.0 Å². The fourth-order valence-corrected chi connectivity index (χ4v) is 3.98. The molecule has 2 heterocycles. The molecule has 1 unspecified atom stereocenters. The Balaban J connectivity index is 2.12. The summed E-state index contributed by atoms with van der Waals surface area (Å²) in [7, 11) is -1.92. The molecule has 2 rings (SSSR count). The lowest BCUT2D eigenvalue weighted by molar-refractivity contribution is 0.235. The molecule has 1 saturated heterocycles. The molecule has 0 aliphatic carbocycles. The summed E-state index contributed by atoms with van der Waals surface area (Å²) in [5.41, 5.74) is 0. The molecular formula is C13H20FN3O2S. The monoisotopic (exact) mass is 301 g/mol. The van der Waals surface area contributed by atoms with Gasteiger partial charge in [0.15, 0.2) is 5.82 Å². The minimum atomic E-state index is -3.82. The van der Waals surface area contributed by atoms with Crippen molar-refractivity contribution in [3.8, 4) is 0 Å². The van der Waals surface area contributed by atoms with Gasteiger partial charge in [-0.25, -0.2) is 17.8 Å². The highest BCUT2D eigenvalue weighted by molar-refractivity contribution is 7.89. The van der Waals surface area contributed by atoms with Crippen LogP contribution in [0.15, 0.2) is 23.4 Å². The predicted octanol–water partition coefficient (Wildman–Crippen LogP) is 1.23. The normalized spacial score (nSPS) is 19.9. The lowest BCUT2D eigenvalue weighted by Gasteiger charge is -2.33. The van der Waals surface area contributed by atoms with Crippen molar-refractivity contribution in [3.05, 3.63) is 24.1 Å². The Morgan fingerprint density at radius 1 is 1.45 bits per heavy atom. The number of nitrogens with one attached hydrogen (secondary N) is 1. The molecule has 7 heteroatoms. The molecule has 112 valence electrons. The van der Waals surface area contributed by atoms with E-state index in [1.165, 1.54) is 16.6 Å². The summed E-state index contributed by atoms with van der Waals surface area (Å²) in [5, 5.41) is 2.72. The molecule has 0 aromatic carbocycles. The highest BCUT2D eigenvalue weighted by Crippen LogP contribution is 2.25. The van der Waals surface area contributed by atoms with Crippen molar-refractivity contribution < 1.29 is 12.8 Å². The Hall–Kier alpha value is -1.05. The van der Waals surface area contributed by atoms with E-state index >= 15 is 0 Å². The van der Waals surface area contributed by atoms with Gasteiger partial charge in [0.25, 0.3) is 10.0 Å². The average molecular weight is 301 g/mol. The van der Waals surface area contributed by atoms with Crippen LogP contribution in [0.25, 0.3) is 0 Å². The first-order valence-corrected chi connectivity index (χ1v) is 8.18. The van der Waals surface area contributed by atoms with E-state index in [-0.39, 0.29) is 0 Å². The third-order valence-electron chi connectivity index (χ3n) is 3.97. The van der Waals surface area contributed by atoms with Crippen LogP contribution < -0.4 is 5.32 Å². The summed E-state index contributed by atoms with van der Waals surface area (Å²) in [4.78, 5) is 3.68. The first kappa shape index (κ1) is 15.3. The highest BCUT2D eigenvalue weighted by Gasteiger charge is 2.33. The van der Waals surface area contributed by atoms with Gasteiger partial charge in [-0.1, -0.05) is 0 Å². The van der Waals surface area contributed by atoms with Gasteiger partial charge in [0, 0.05) is 25.3 Å². The van der Waals surface area contributed by atoms with Crippen molar-refractivity contribution in [3.63, 3.8) is 0 Å². The Labute approximate surface area is 119 Å². The topological polar surface area (TPSA) is 62.3 Å². The molecule has 0 saturated carbocycles. The molecule has 1 fully saturated rings. The maximum absolute atomic E-state index is 13.6. The number of hydrogen-bond acceptors (Lipinski definition) is 4. The Morgan fingerprint density at radius 3 is 2.65 bits per heavy atom. The van der Waals surface area contributed by atoms with E-state index in [9.17, 15) is 12.8 Å². The lowest BCUT2D eigenvalue weighted by atomic mass is 9.91. The fraction of sp³-hybridized carbons (Fsp3) is 0.615. The molecule has 0 bridgehead atoms. The number of piperidine rings is 1. The van der Waals surface area contributed by atoms with E-state index in [0.29, 0.717) is 25.0 Å². The van der Waals surface area contributed by atoms with E-state index in [0.717, 1.165) is 18.9 Å². The molecule has 20 heavy (non-hydrogen) atoms. The number of aromatic nitrogens is 1. The Bertz CT molecular complexity index is 556. The van der Waals surface area contributed by atoms with Gasteiger partial charge >= 0.3 is 0 Å². The van der Waals surface area contributed by atoms with Crippen LogP contribution in [0, 0.1) is 11.7 Å². The van der Waals surface area contributed by atoms with Gasteiger partial charge in [-0.2, -0.15) is 4.31 Å². The van der Waals surface area contributed by atoms with E-state index < -0.39 is 20.9 Å². The number of hydrogen-bond donors (Lipinski definition) is 1. The van der Waals surface area contributed by atoms with Crippen LogP contribution in [0.2, 0.25) is 0 Å². The molecule has 1 aliphatic heterocycles. The van der Waals surface area contributed by atoms with Gasteiger partial charge in [-0.3, -0.25) is 0 Å². The molecule has 1 aromatic heterocycles. The van der Waals surface area contributed by atoms with Crippen LogP contribution in [0.1, 0.15) is 19.8 Å². The van der Waals surface area contributed by atoms with E-state index in [2.05, 4.69) is 17.2 Å². The summed E-state index contributed by atoms with van der Waals surface area (Å²) < 4.78 is 39.7. The van der Waals surface area contributed by atoms with Crippen LogP contribution in [0.4, 0.5) is 4.39 Å². The number of halogens is 1. The van der Waals surface area contributed by atoms with Gasteiger partial charge in [0.2, 0.25) is 5.03 Å². The maximum atomic E-state index is 13.6. The van der Waals surface area contributed by atoms with Crippen LogP contribution in [0.3, 0.4) is 0 Å². The van der Waals surface area contributed by atoms with Crippen LogP contribution in [-0.4, -0.2) is 43.9 Å². The summed E-state index contributed by atoms with van der Waals surface area (Å²) in [6.45, 7) is 2.91. The molecule has 1 aromatic rings. The summed E-state index contributed by atoms with van der Waals surface area (Å²) >= 11 is 0. The number of pyridine rings is 1. The highest BCUT2D eigenvalue weighted by atomic mass is 32.2. The zero-order valence-corrected chi connectivity index (χ0v) is 12.5. The summed E-state index contributed by atoms with van der Waals surface area (Å²) in [5.74, 6) is -0.349. The summed E-state index contributed by atoms with van der Waals surface area (Å²) in [6, 6.07) is 2.86. The second-order valence-corrected chi connectivity index (χ2v) is 6.96. The first-order valence-electron chi connectivity index (χ1n) is 6.74. The van der Waals surface area contributed by atoms with E-state index in [1.807, 2.05) is 7.05 Å². The molecular weight excluding hydrogens is 281 g/mol. The van der Waals surface area contributed by atoms with Gasteiger partial charge in [-0.05, 0) is 44.9 Å². The summed E-state index contributed by atoms with van der Waals surface area (Å²) in [6.07, 6.45) is 2.84. The number of nitrogens with zero attached hydrogens (tertiary/aromatic N) is 2. The minimum absolute atomic E-state index is 0.353. The lowest BCUT2D eigenvalue weighted by Crippen LogP contribution is -2.43. The Kier molecular flexibility index (Phi) is 4.72. The van der Waals surface area contributed by atoms with Crippen molar-refractivity contribution in [2.24, 2.45) is 5.92 Å². The van der Waals surface area contributed by atoms with Crippen molar-refractivity contribution in [2.75, 3.05) is 20.1 Å². The van der Waals surface area contributed by atoms with Crippen LogP contribution >= 0.6 is 0 Å². The molecule has 0 spiro atoms. The smallest absolute Gasteiger partial charge is 0.263 e. The minimum Gasteiger partial charge on any atom is -0.317 e. The zero-order valence-electron chi connectivity index (χ0n) is 11.7. The van der Waals surface area contributed by atoms with Gasteiger partial charge < -0.3 is 5.32 Å². The fourth-order valence-electron chi connectivity index (χ4n) is 2.54. The predicted molar refractivity (Wildman–Crippen MR) is 74.2 cm³/mol. The molecule has 5 nitrogen and oxygen atoms in total. The molecule has 0 radical (unpaired) electrons. The molecule has 0 amide bonds. The van der Waals surface area contributed by atoms with Gasteiger partial charge in [0.05, 0.1) is 0 Å². The largest absolute Gasteiger partial charge is 0.317 e. The first-order chi connectivity index (χ1) is 9.46. The van der Waals surface area contributed by atoms with Gasteiger partial charge in [-0.15, -0.1) is 0 Å². The zero-order chi connectivity index (χ0) is 14.8. The van der Waals surface area contributed by atoms with Gasteiger partial charge in [0.1, 0.15) is 0 Å². The maximum Gasteiger partial charge on any atom is 0.263 e. The number of sulfonamides is 1. The third kappa shape index (κ3) is 2.99. The third-order valence-corrected chi connectivity index (χ3v) is 5.80. The van der Waals surface area contributed by atoms with Crippen molar-refractivity contribution in [1.29, 1.82) is 0 Å². The standard InChI is InChI=1S/C13H20FN3O2S/c1-10(15-2)11-5-8-17(9-6-11)20(18,19)13-12(14)4-3-7-16-13/h3-4,7,10-11,15H,5-6,8-9H2,1-2H3. The molecule has 1 N–H and O–H groups in total. The molecule has 1 aliphatic rings. The quantitative estimate of drug-likeness (QED) is 0.908.